The molecule has 112 valence electrons. The summed E-state index contributed by atoms with van der Waals surface area (Å²) in [4.78, 5) is 24.8. The number of carboxylic acids is 1. The van der Waals surface area contributed by atoms with Gasteiger partial charge >= 0.3 is 5.97 Å². The highest BCUT2D eigenvalue weighted by molar-refractivity contribution is 5.83. The Morgan fingerprint density at radius 2 is 1.79 bits per heavy atom. The van der Waals surface area contributed by atoms with Crippen molar-refractivity contribution >= 4 is 11.9 Å². The first-order chi connectivity index (χ1) is 9.01. The molecule has 0 aliphatic heterocycles. The van der Waals surface area contributed by atoms with Gasteiger partial charge in [-0.15, -0.1) is 0 Å². The summed E-state index contributed by atoms with van der Waals surface area (Å²) in [6.45, 7) is 5.78. The van der Waals surface area contributed by atoms with Gasteiger partial charge in [-0.1, -0.05) is 33.1 Å². The topological polar surface area (TPSA) is 69.6 Å². The summed E-state index contributed by atoms with van der Waals surface area (Å²) in [5.41, 5.74) is 0. The molecule has 2 N–H and O–H groups in total. The van der Waals surface area contributed by atoms with Crippen LogP contribution in [0.1, 0.15) is 52.4 Å². The molecule has 19 heavy (non-hydrogen) atoms. The minimum absolute atomic E-state index is 0.174. The summed E-state index contributed by atoms with van der Waals surface area (Å²) >= 11 is 0. The zero-order chi connectivity index (χ0) is 14.7. The van der Waals surface area contributed by atoms with E-state index in [9.17, 15) is 9.59 Å². The number of carboxylic acid groups (broad SMARTS) is 1. The van der Waals surface area contributed by atoms with Gasteiger partial charge in [0.05, 0.1) is 0 Å². The van der Waals surface area contributed by atoms with Crippen LogP contribution in [0.5, 0.6) is 0 Å². The molecule has 1 atom stereocenters. The van der Waals surface area contributed by atoms with Gasteiger partial charge < -0.3 is 15.3 Å². The fourth-order valence-corrected chi connectivity index (χ4v) is 1.76. The lowest BCUT2D eigenvalue weighted by Gasteiger charge is -2.17. The SMILES string of the molecule is CCCCC(NC(=O)CCN(C)CCCC)C(=O)O. The van der Waals surface area contributed by atoms with Crippen LogP contribution in [0.4, 0.5) is 0 Å². The van der Waals surface area contributed by atoms with Crippen molar-refractivity contribution < 1.29 is 14.7 Å². The standard InChI is InChI=1S/C14H28N2O3/c1-4-6-8-12(14(18)19)15-13(17)9-11-16(3)10-7-5-2/h12H,4-11H2,1-3H3,(H,15,17)(H,18,19). The molecule has 0 aromatic rings. The molecule has 0 aliphatic rings. The van der Waals surface area contributed by atoms with Gasteiger partial charge in [0.2, 0.25) is 5.91 Å². The average molecular weight is 272 g/mol. The van der Waals surface area contributed by atoms with Crippen molar-refractivity contribution in [3.05, 3.63) is 0 Å². The quantitative estimate of drug-likeness (QED) is 0.602. The largest absolute Gasteiger partial charge is 0.480 e. The summed E-state index contributed by atoms with van der Waals surface area (Å²) in [5.74, 6) is -1.12. The van der Waals surface area contributed by atoms with Crippen LogP contribution >= 0.6 is 0 Å². The number of aliphatic carboxylic acids is 1. The van der Waals surface area contributed by atoms with Crippen LogP contribution in [0, 0.1) is 0 Å². The maximum absolute atomic E-state index is 11.7. The third kappa shape index (κ3) is 9.47. The third-order valence-corrected chi connectivity index (χ3v) is 3.09. The molecule has 0 saturated heterocycles. The highest BCUT2D eigenvalue weighted by Gasteiger charge is 2.18. The van der Waals surface area contributed by atoms with E-state index in [0.717, 1.165) is 32.2 Å². The van der Waals surface area contributed by atoms with Crippen LogP contribution in [0.3, 0.4) is 0 Å². The van der Waals surface area contributed by atoms with Gasteiger partial charge in [0, 0.05) is 13.0 Å². The number of carbonyl (C=O) groups excluding carboxylic acids is 1. The first-order valence-corrected chi connectivity index (χ1v) is 7.21. The van der Waals surface area contributed by atoms with E-state index in [1.54, 1.807) is 0 Å². The molecule has 0 aliphatic carbocycles. The van der Waals surface area contributed by atoms with E-state index < -0.39 is 12.0 Å². The lowest BCUT2D eigenvalue weighted by Crippen LogP contribution is -2.41. The Balaban J connectivity index is 3.95. The van der Waals surface area contributed by atoms with E-state index in [0.29, 0.717) is 19.4 Å². The number of rotatable bonds is 11. The predicted octanol–water partition coefficient (Wildman–Crippen LogP) is 1.87. The molecular weight excluding hydrogens is 244 g/mol. The maximum atomic E-state index is 11.7. The van der Waals surface area contributed by atoms with Crippen LogP contribution in [-0.2, 0) is 9.59 Å². The fraction of sp³-hybridized carbons (Fsp3) is 0.857. The van der Waals surface area contributed by atoms with Gasteiger partial charge in [-0.25, -0.2) is 4.79 Å². The van der Waals surface area contributed by atoms with E-state index in [1.165, 1.54) is 0 Å². The van der Waals surface area contributed by atoms with Crippen LogP contribution in [0.15, 0.2) is 0 Å². The summed E-state index contributed by atoms with van der Waals surface area (Å²) in [6, 6.07) is -0.742. The molecule has 0 spiro atoms. The number of nitrogens with zero attached hydrogens (tertiary/aromatic N) is 1. The Labute approximate surface area is 116 Å². The lowest BCUT2D eigenvalue weighted by atomic mass is 10.1. The molecule has 5 nitrogen and oxygen atoms in total. The van der Waals surface area contributed by atoms with Gasteiger partial charge in [-0.05, 0) is 26.4 Å². The van der Waals surface area contributed by atoms with Gasteiger partial charge in [0.1, 0.15) is 6.04 Å². The number of carbonyl (C=O) groups is 2. The molecule has 0 saturated carbocycles. The molecule has 0 fully saturated rings. The van der Waals surface area contributed by atoms with Crippen LogP contribution in [0.2, 0.25) is 0 Å². The van der Waals surface area contributed by atoms with Gasteiger partial charge in [0.25, 0.3) is 0 Å². The molecule has 0 heterocycles. The maximum Gasteiger partial charge on any atom is 0.326 e. The highest BCUT2D eigenvalue weighted by Crippen LogP contribution is 2.02. The first kappa shape index (κ1) is 17.9. The zero-order valence-corrected chi connectivity index (χ0v) is 12.4. The molecule has 0 aromatic heterocycles. The van der Waals surface area contributed by atoms with E-state index in [4.69, 9.17) is 5.11 Å². The van der Waals surface area contributed by atoms with Crippen molar-refractivity contribution in [3.63, 3.8) is 0 Å². The Morgan fingerprint density at radius 3 is 2.32 bits per heavy atom. The number of unbranched alkanes of at least 4 members (excludes halogenated alkanes) is 2. The Hall–Kier alpha value is -1.10. The van der Waals surface area contributed by atoms with Crippen molar-refractivity contribution in [3.8, 4) is 0 Å². The van der Waals surface area contributed by atoms with Crippen LogP contribution in [0.25, 0.3) is 0 Å². The van der Waals surface area contributed by atoms with E-state index in [1.807, 2.05) is 14.0 Å². The van der Waals surface area contributed by atoms with Gasteiger partial charge in [-0.2, -0.15) is 0 Å². The Kier molecular flexibility index (Phi) is 10.2. The summed E-state index contributed by atoms with van der Waals surface area (Å²) in [7, 11) is 1.98. The third-order valence-electron chi connectivity index (χ3n) is 3.09. The number of hydrogen-bond donors (Lipinski definition) is 2. The minimum atomic E-state index is -0.943. The molecule has 1 amide bonds. The normalized spacial score (nSPS) is 12.4. The van der Waals surface area contributed by atoms with E-state index >= 15 is 0 Å². The van der Waals surface area contributed by atoms with Crippen molar-refractivity contribution in [1.29, 1.82) is 0 Å². The second-order valence-corrected chi connectivity index (χ2v) is 5.01. The van der Waals surface area contributed by atoms with Gasteiger partial charge in [-0.3, -0.25) is 4.79 Å². The predicted molar refractivity (Wildman–Crippen MR) is 76.1 cm³/mol. The molecule has 0 aromatic carbocycles. The molecule has 5 heteroatoms. The van der Waals surface area contributed by atoms with Crippen molar-refractivity contribution in [1.82, 2.24) is 10.2 Å². The highest BCUT2D eigenvalue weighted by atomic mass is 16.4. The summed E-state index contributed by atoms with van der Waals surface area (Å²) in [6.07, 6.45) is 4.85. The molecule has 0 radical (unpaired) electrons. The molecular formula is C14H28N2O3. The van der Waals surface area contributed by atoms with E-state index in [2.05, 4.69) is 17.1 Å². The molecule has 1 unspecified atom stereocenters. The monoisotopic (exact) mass is 272 g/mol. The molecule has 0 bridgehead atoms. The van der Waals surface area contributed by atoms with Crippen molar-refractivity contribution in [2.75, 3.05) is 20.1 Å². The smallest absolute Gasteiger partial charge is 0.326 e. The Morgan fingerprint density at radius 1 is 1.16 bits per heavy atom. The number of hydrogen-bond acceptors (Lipinski definition) is 3. The Bertz CT molecular complexity index is 269. The number of nitrogens with one attached hydrogen (secondary N) is 1. The van der Waals surface area contributed by atoms with Crippen molar-refractivity contribution in [2.45, 2.75) is 58.4 Å². The first-order valence-electron chi connectivity index (χ1n) is 7.21. The molecule has 0 rings (SSSR count). The van der Waals surface area contributed by atoms with Gasteiger partial charge in [0.15, 0.2) is 0 Å². The lowest BCUT2D eigenvalue weighted by molar-refractivity contribution is -0.142. The van der Waals surface area contributed by atoms with E-state index in [-0.39, 0.29) is 5.91 Å². The van der Waals surface area contributed by atoms with Crippen LogP contribution < -0.4 is 5.32 Å². The second-order valence-electron chi connectivity index (χ2n) is 5.01. The fourth-order valence-electron chi connectivity index (χ4n) is 1.76. The second kappa shape index (κ2) is 10.8. The minimum Gasteiger partial charge on any atom is -0.480 e. The van der Waals surface area contributed by atoms with Crippen LogP contribution in [-0.4, -0.2) is 48.1 Å². The summed E-state index contributed by atoms with van der Waals surface area (Å²) < 4.78 is 0. The van der Waals surface area contributed by atoms with Crippen molar-refractivity contribution in [2.24, 2.45) is 0 Å². The summed E-state index contributed by atoms with van der Waals surface area (Å²) in [5, 5.41) is 11.6. The zero-order valence-electron chi connectivity index (χ0n) is 12.4. The number of amides is 1. The average Bonchev–Trinajstić information content (AvgIpc) is 2.38.